The molecule has 0 unspecified atom stereocenters. The van der Waals surface area contributed by atoms with Gasteiger partial charge in [0, 0.05) is 5.02 Å². The Labute approximate surface area is 168 Å². The van der Waals surface area contributed by atoms with Crippen LogP contribution in [-0.4, -0.2) is 38.0 Å². The van der Waals surface area contributed by atoms with Crippen molar-refractivity contribution in [2.45, 2.75) is 13.0 Å². The molecule has 0 aromatic heterocycles. The van der Waals surface area contributed by atoms with E-state index in [0.717, 1.165) is 5.56 Å². The highest BCUT2D eigenvalue weighted by molar-refractivity contribution is 6.30. The molecule has 7 nitrogen and oxygen atoms in total. The monoisotopic (exact) mass is 404 g/mol. The summed E-state index contributed by atoms with van der Waals surface area (Å²) in [6.07, 6.45) is 0. The Morgan fingerprint density at radius 3 is 2.43 bits per heavy atom. The fourth-order valence-electron chi connectivity index (χ4n) is 2.39. The molecule has 2 N–H and O–H groups in total. The quantitative estimate of drug-likeness (QED) is 0.659. The Bertz CT molecular complexity index is 839. The molecule has 2 aromatic rings. The summed E-state index contributed by atoms with van der Waals surface area (Å²) < 4.78 is 9.98. The van der Waals surface area contributed by atoms with Crippen LogP contribution in [0.25, 0.3) is 0 Å². The van der Waals surface area contributed by atoms with E-state index in [1.165, 1.54) is 7.11 Å². The second kappa shape index (κ2) is 10.3. The van der Waals surface area contributed by atoms with Gasteiger partial charge in [0.1, 0.15) is 12.3 Å². The van der Waals surface area contributed by atoms with Crippen LogP contribution in [0.1, 0.15) is 28.9 Å². The van der Waals surface area contributed by atoms with Gasteiger partial charge in [0.15, 0.2) is 6.61 Å². The zero-order valence-electron chi connectivity index (χ0n) is 15.5. The molecule has 0 saturated heterocycles. The maximum atomic E-state index is 12.1. The van der Waals surface area contributed by atoms with Gasteiger partial charge in [-0.25, -0.2) is 0 Å². The van der Waals surface area contributed by atoms with E-state index < -0.39 is 24.4 Å². The topological polar surface area (TPSA) is 93.7 Å². The maximum Gasteiger partial charge on any atom is 0.325 e. The molecule has 2 amide bonds. The molecule has 0 spiro atoms. The minimum Gasteiger partial charge on any atom is -0.496 e. The lowest BCUT2D eigenvalue weighted by Crippen LogP contribution is -2.34. The summed E-state index contributed by atoms with van der Waals surface area (Å²) >= 11 is 5.83. The smallest absolute Gasteiger partial charge is 0.325 e. The van der Waals surface area contributed by atoms with Crippen LogP contribution in [0.15, 0.2) is 48.5 Å². The number of carbonyl (C=O) groups is 3. The average Bonchev–Trinajstić information content (AvgIpc) is 2.70. The Morgan fingerprint density at radius 1 is 1.07 bits per heavy atom. The van der Waals surface area contributed by atoms with Gasteiger partial charge in [0.2, 0.25) is 0 Å². The molecular formula is C20H21ClN2O5. The number of halogens is 1. The molecular weight excluding hydrogens is 384 g/mol. The fraction of sp³-hybridized carbons (Fsp3) is 0.250. The van der Waals surface area contributed by atoms with Gasteiger partial charge in [-0.2, -0.15) is 0 Å². The number of para-hydroxylation sites is 1. The predicted octanol–water partition coefficient (Wildman–Crippen LogP) is 2.50. The first-order valence-corrected chi connectivity index (χ1v) is 8.90. The molecule has 0 heterocycles. The standard InChI is InChI=1S/C20H21ClN2O5/c1-13(14-7-9-15(21)10-8-14)23-18(24)12-28-19(25)11-22-20(26)16-5-3-4-6-17(16)27-2/h3-10,13H,11-12H2,1-2H3,(H,22,26)(H,23,24)/t13-/m0/s1. The number of esters is 1. The van der Waals surface area contributed by atoms with Crippen LogP contribution < -0.4 is 15.4 Å². The summed E-state index contributed by atoms with van der Waals surface area (Å²) in [5.74, 6) is -1.26. The van der Waals surface area contributed by atoms with Gasteiger partial charge in [-0.3, -0.25) is 14.4 Å². The zero-order chi connectivity index (χ0) is 20.5. The number of hydrogen-bond donors (Lipinski definition) is 2. The van der Waals surface area contributed by atoms with Gasteiger partial charge in [-0.15, -0.1) is 0 Å². The first kappa shape index (κ1) is 21.2. The van der Waals surface area contributed by atoms with E-state index in [1.807, 2.05) is 0 Å². The van der Waals surface area contributed by atoms with E-state index in [2.05, 4.69) is 10.6 Å². The normalized spacial score (nSPS) is 11.2. The molecule has 1 atom stereocenters. The summed E-state index contributed by atoms with van der Waals surface area (Å²) in [7, 11) is 1.45. The van der Waals surface area contributed by atoms with Gasteiger partial charge in [0.25, 0.3) is 11.8 Å². The van der Waals surface area contributed by atoms with E-state index in [1.54, 1.807) is 55.5 Å². The van der Waals surface area contributed by atoms with Gasteiger partial charge in [0.05, 0.1) is 18.7 Å². The van der Waals surface area contributed by atoms with Crippen molar-refractivity contribution in [1.82, 2.24) is 10.6 Å². The summed E-state index contributed by atoms with van der Waals surface area (Å²) in [5, 5.41) is 5.75. The van der Waals surface area contributed by atoms with Crippen LogP contribution in [0.2, 0.25) is 5.02 Å². The molecule has 0 saturated carbocycles. The Balaban J connectivity index is 1.75. The average molecular weight is 405 g/mol. The Hall–Kier alpha value is -3.06. The Kier molecular flexibility index (Phi) is 7.83. The van der Waals surface area contributed by atoms with E-state index >= 15 is 0 Å². The molecule has 0 radical (unpaired) electrons. The third kappa shape index (κ3) is 6.28. The van der Waals surface area contributed by atoms with Gasteiger partial charge in [-0.1, -0.05) is 35.9 Å². The third-order valence-corrected chi connectivity index (χ3v) is 4.11. The summed E-state index contributed by atoms with van der Waals surface area (Å²) in [6, 6.07) is 13.4. The number of amides is 2. The van der Waals surface area contributed by atoms with Gasteiger partial charge in [-0.05, 0) is 36.8 Å². The SMILES string of the molecule is COc1ccccc1C(=O)NCC(=O)OCC(=O)N[C@@H](C)c1ccc(Cl)cc1. The lowest BCUT2D eigenvalue weighted by molar-refractivity contribution is -0.147. The summed E-state index contributed by atoms with van der Waals surface area (Å²) in [5.41, 5.74) is 1.17. The summed E-state index contributed by atoms with van der Waals surface area (Å²) in [4.78, 5) is 35.8. The second-order valence-corrected chi connectivity index (χ2v) is 6.32. The van der Waals surface area contributed by atoms with Crippen molar-refractivity contribution in [3.8, 4) is 5.75 Å². The van der Waals surface area contributed by atoms with Crippen molar-refractivity contribution in [2.75, 3.05) is 20.3 Å². The number of hydrogen-bond acceptors (Lipinski definition) is 5. The van der Waals surface area contributed by atoms with E-state index in [9.17, 15) is 14.4 Å². The Morgan fingerprint density at radius 2 is 1.75 bits per heavy atom. The van der Waals surface area contributed by atoms with E-state index in [0.29, 0.717) is 16.3 Å². The second-order valence-electron chi connectivity index (χ2n) is 5.88. The van der Waals surface area contributed by atoms with Crippen LogP contribution in [0.4, 0.5) is 0 Å². The summed E-state index contributed by atoms with van der Waals surface area (Å²) in [6.45, 7) is 0.995. The van der Waals surface area contributed by atoms with Gasteiger partial charge >= 0.3 is 5.97 Å². The number of methoxy groups -OCH3 is 1. The third-order valence-electron chi connectivity index (χ3n) is 3.86. The first-order chi connectivity index (χ1) is 13.4. The highest BCUT2D eigenvalue weighted by Gasteiger charge is 2.15. The van der Waals surface area contributed by atoms with Crippen molar-refractivity contribution in [3.05, 3.63) is 64.7 Å². The lowest BCUT2D eigenvalue weighted by Gasteiger charge is -2.14. The number of carbonyl (C=O) groups excluding carboxylic acids is 3. The van der Waals surface area contributed by atoms with Crippen molar-refractivity contribution in [2.24, 2.45) is 0 Å². The number of ether oxygens (including phenoxy) is 2. The zero-order valence-corrected chi connectivity index (χ0v) is 16.3. The molecule has 0 fully saturated rings. The minimum absolute atomic E-state index is 0.270. The number of benzene rings is 2. The van der Waals surface area contributed by atoms with Gasteiger partial charge < -0.3 is 20.1 Å². The molecule has 148 valence electrons. The van der Waals surface area contributed by atoms with Crippen LogP contribution in [0, 0.1) is 0 Å². The van der Waals surface area contributed by atoms with Crippen molar-refractivity contribution < 1.29 is 23.9 Å². The highest BCUT2D eigenvalue weighted by Crippen LogP contribution is 2.17. The molecule has 2 rings (SSSR count). The molecule has 0 aliphatic heterocycles. The molecule has 0 bridgehead atoms. The highest BCUT2D eigenvalue weighted by atomic mass is 35.5. The van der Waals surface area contributed by atoms with E-state index in [4.69, 9.17) is 21.1 Å². The maximum absolute atomic E-state index is 12.1. The van der Waals surface area contributed by atoms with Crippen molar-refractivity contribution in [3.63, 3.8) is 0 Å². The fourth-order valence-corrected chi connectivity index (χ4v) is 2.52. The minimum atomic E-state index is -0.724. The largest absolute Gasteiger partial charge is 0.496 e. The lowest BCUT2D eigenvalue weighted by atomic mass is 10.1. The molecule has 0 aliphatic carbocycles. The van der Waals surface area contributed by atoms with Crippen LogP contribution in [0.5, 0.6) is 5.75 Å². The molecule has 0 aliphatic rings. The van der Waals surface area contributed by atoms with Crippen LogP contribution in [-0.2, 0) is 14.3 Å². The predicted molar refractivity (Wildman–Crippen MR) is 104 cm³/mol. The number of rotatable bonds is 8. The molecule has 28 heavy (non-hydrogen) atoms. The number of nitrogens with one attached hydrogen (secondary N) is 2. The van der Waals surface area contributed by atoms with Crippen molar-refractivity contribution >= 4 is 29.4 Å². The van der Waals surface area contributed by atoms with E-state index in [-0.39, 0.29) is 12.6 Å². The molecule has 2 aromatic carbocycles. The van der Waals surface area contributed by atoms with Crippen LogP contribution >= 0.6 is 11.6 Å². The van der Waals surface area contributed by atoms with Crippen LogP contribution in [0.3, 0.4) is 0 Å². The molecule has 8 heteroatoms. The van der Waals surface area contributed by atoms with Crippen molar-refractivity contribution in [1.29, 1.82) is 0 Å². The first-order valence-electron chi connectivity index (χ1n) is 8.52.